The van der Waals surface area contributed by atoms with Gasteiger partial charge in [0.2, 0.25) is 0 Å². The van der Waals surface area contributed by atoms with Crippen molar-refractivity contribution in [2.45, 2.75) is 13.5 Å². The summed E-state index contributed by atoms with van der Waals surface area (Å²) >= 11 is 12.6. The minimum atomic E-state index is -1.03. The number of rotatable bonds is 3. The number of carbonyl (C=O) groups is 1. The third-order valence-electron chi connectivity index (χ3n) is 5.08. The molecule has 28 heavy (non-hydrogen) atoms. The molecule has 1 aliphatic heterocycles. The van der Waals surface area contributed by atoms with Crippen LogP contribution in [0.3, 0.4) is 0 Å². The molecule has 0 saturated carbocycles. The Labute approximate surface area is 170 Å². The van der Waals surface area contributed by atoms with Crippen LogP contribution in [0.5, 0.6) is 0 Å². The van der Waals surface area contributed by atoms with Gasteiger partial charge in [0, 0.05) is 29.5 Å². The van der Waals surface area contributed by atoms with Crippen LogP contribution in [-0.4, -0.2) is 41.9 Å². The van der Waals surface area contributed by atoms with Crippen molar-refractivity contribution in [3.8, 4) is 0 Å². The second-order valence-electron chi connectivity index (χ2n) is 6.82. The summed E-state index contributed by atoms with van der Waals surface area (Å²) in [6, 6.07) is 6.84. The van der Waals surface area contributed by atoms with Crippen LogP contribution < -0.4 is 10.3 Å². The Kier molecular flexibility index (Phi) is 4.95. The molecule has 3 aromatic rings. The molecule has 4 rings (SSSR count). The van der Waals surface area contributed by atoms with Crippen LogP contribution >= 0.6 is 23.2 Å². The van der Waals surface area contributed by atoms with Crippen LogP contribution in [0.1, 0.15) is 5.56 Å². The van der Waals surface area contributed by atoms with Crippen LogP contribution in [0.25, 0.3) is 21.8 Å². The SMILES string of the molecule is Cc1cc2c(=O)c3ccc(Cl)c(Cl)c3n(CC(=O)O)c2cc1N1CCOCC1. The number of aromatic nitrogens is 1. The maximum absolute atomic E-state index is 13.1. The summed E-state index contributed by atoms with van der Waals surface area (Å²) in [5.41, 5.74) is 2.57. The first kappa shape index (κ1) is 19.1. The van der Waals surface area contributed by atoms with E-state index in [0.29, 0.717) is 35.0 Å². The predicted molar refractivity (Wildman–Crippen MR) is 111 cm³/mol. The lowest BCUT2D eigenvalue weighted by Gasteiger charge is -2.30. The van der Waals surface area contributed by atoms with Gasteiger partial charge < -0.3 is 19.3 Å². The highest BCUT2D eigenvalue weighted by Crippen LogP contribution is 2.34. The summed E-state index contributed by atoms with van der Waals surface area (Å²) in [5.74, 6) is -1.03. The molecule has 0 unspecified atom stereocenters. The highest BCUT2D eigenvalue weighted by Gasteiger charge is 2.20. The number of hydrogen-bond donors (Lipinski definition) is 1. The topological polar surface area (TPSA) is 71.8 Å². The van der Waals surface area contributed by atoms with Gasteiger partial charge in [-0.3, -0.25) is 9.59 Å². The van der Waals surface area contributed by atoms with Crippen LogP contribution in [0.2, 0.25) is 10.0 Å². The van der Waals surface area contributed by atoms with E-state index in [1.807, 2.05) is 19.1 Å². The van der Waals surface area contributed by atoms with E-state index in [0.717, 1.165) is 24.3 Å². The van der Waals surface area contributed by atoms with Gasteiger partial charge in [-0.25, -0.2) is 0 Å². The van der Waals surface area contributed by atoms with E-state index in [1.165, 1.54) is 0 Å². The van der Waals surface area contributed by atoms with Crippen molar-refractivity contribution >= 4 is 56.7 Å². The lowest BCUT2D eigenvalue weighted by Crippen LogP contribution is -2.36. The highest BCUT2D eigenvalue weighted by molar-refractivity contribution is 6.45. The zero-order chi connectivity index (χ0) is 20.0. The van der Waals surface area contributed by atoms with Gasteiger partial charge in [0.05, 0.1) is 34.3 Å². The zero-order valence-electron chi connectivity index (χ0n) is 15.2. The summed E-state index contributed by atoms with van der Waals surface area (Å²) in [5, 5.41) is 10.7. The molecule has 6 nitrogen and oxygen atoms in total. The van der Waals surface area contributed by atoms with E-state index in [2.05, 4.69) is 4.90 Å². The van der Waals surface area contributed by atoms with Gasteiger partial charge >= 0.3 is 5.97 Å². The molecule has 0 amide bonds. The molecule has 1 fully saturated rings. The summed E-state index contributed by atoms with van der Waals surface area (Å²) in [7, 11) is 0. The van der Waals surface area contributed by atoms with Crippen molar-refractivity contribution < 1.29 is 14.6 Å². The first-order valence-electron chi connectivity index (χ1n) is 8.88. The molecule has 0 radical (unpaired) electrons. The van der Waals surface area contributed by atoms with Crippen molar-refractivity contribution in [3.63, 3.8) is 0 Å². The molecular formula is C20H18Cl2N2O4. The van der Waals surface area contributed by atoms with E-state index in [-0.39, 0.29) is 22.0 Å². The lowest BCUT2D eigenvalue weighted by atomic mass is 10.0. The fourth-order valence-corrected chi connectivity index (χ4v) is 4.21. The summed E-state index contributed by atoms with van der Waals surface area (Å²) < 4.78 is 6.99. The van der Waals surface area contributed by atoms with Crippen molar-refractivity contribution in [3.05, 3.63) is 50.1 Å². The zero-order valence-corrected chi connectivity index (χ0v) is 16.7. The Bertz CT molecular complexity index is 1170. The van der Waals surface area contributed by atoms with Gasteiger partial charge in [-0.05, 0) is 36.8 Å². The van der Waals surface area contributed by atoms with Crippen LogP contribution in [-0.2, 0) is 16.1 Å². The quantitative estimate of drug-likeness (QED) is 0.654. The maximum Gasteiger partial charge on any atom is 0.323 e. The van der Waals surface area contributed by atoms with Gasteiger partial charge in [-0.2, -0.15) is 0 Å². The minimum absolute atomic E-state index is 0.174. The number of aliphatic carboxylic acids is 1. The number of ether oxygens (including phenoxy) is 1. The average Bonchev–Trinajstić information content (AvgIpc) is 2.67. The predicted octanol–water partition coefficient (Wildman–Crippen LogP) is 3.69. The minimum Gasteiger partial charge on any atom is -0.480 e. The van der Waals surface area contributed by atoms with E-state index < -0.39 is 5.97 Å². The van der Waals surface area contributed by atoms with Crippen LogP contribution in [0.4, 0.5) is 5.69 Å². The van der Waals surface area contributed by atoms with E-state index in [4.69, 9.17) is 27.9 Å². The number of fused-ring (bicyclic) bond motifs is 2. The highest BCUT2D eigenvalue weighted by atomic mass is 35.5. The lowest BCUT2D eigenvalue weighted by molar-refractivity contribution is -0.137. The van der Waals surface area contributed by atoms with E-state index in [1.54, 1.807) is 16.7 Å². The largest absolute Gasteiger partial charge is 0.480 e. The normalized spacial score (nSPS) is 14.8. The molecule has 1 N–H and O–H groups in total. The fourth-order valence-electron chi connectivity index (χ4n) is 3.79. The van der Waals surface area contributed by atoms with Gasteiger partial charge in [-0.15, -0.1) is 0 Å². The molecule has 8 heteroatoms. The number of benzene rings is 2. The molecule has 0 atom stereocenters. The Morgan fingerprint density at radius 3 is 2.57 bits per heavy atom. The number of anilines is 1. The Morgan fingerprint density at radius 1 is 1.18 bits per heavy atom. The third-order valence-corrected chi connectivity index (χ3v) is 5.87. The van der Waals surface area contributed by atoms with Gasteiger partial charge in [0.25, 0.3) is 0 Å². The molecular weight excluding hydrogens is 403 g/mol. The molecule has 0 spiro atoms. The number of carboxylic acid groups (broad SMARTS) is 1. The molecule has 2 aromatic carbocycles. The Hall–Kier alpha value is -2.28. The van der Waals surface area contributed by atoms with Crippen molar-refractivity contribution in [2.75, 3.05) is 31.2 Å². The van der Waals surface area contributed by atoms with Crippen molar-refractivity contribution in [1.29, 1.82) is 0 Å². The van der Waals surface area contributed by atoms with Crippen LogP contribution in [0, 0.1) is 6.92 Å². The number of pyridine rings is 1. The summed E-state index contributed by atoms with van der Waals surface area (Å²) in [6.45, 7) is 4.33. The number of carboxylic acids is 1. The Morgan fingerprint density at radius 2 is 1.89 bits per heavy atom. The van der Waals surface area contributed by atoms with Crippen molar-refractivity contribution in [2.24, 2.45) is 0 Å². The maximum atomic E-state index is 13.1. The number of nitrogens with zero attached hydrogens (tertiary/aromatic N) is 2. The molecule has 146 valence electrons. The standard InChI is InChI=1S/C20H18Cl2N2O4/c1-11-8-13-16(9-15(11)23-4-6-28-7-5-23)24(10-17(25)26)19-12(20(13)27)2-3-14(21)18(19)22/h2-3,8-9H,4-7,10H2,1H3,(H,25,26). The summed E-state index contributed by atoms with van der Waals surface area (Å²) in [4.78, 5) is 26.9. The van der Waals surface area contributed by atoms with Crippen LogP contribution in [0.15, 0.2) is 29.1 Å². The smallest absolute Gasteiger partial charge is 0.323 e. The average molecular weight is 421 g/mol. The monoisotopic (exact) mass is 420 g/mol. The fraction of sp³-hybridized carbons (Fsp3) is 0.300. The van der Waals surface area contributed by atoms with E-state index in [9.17, 15) is 14.7 Å². The molecule has 0 bridgehead atoms. The first-order chi connectivity index (χ1) is 13.4. The molecule has 1 saturated heterocycles. The number of morpholine rings is 1. The second-order valence-corrected chi connectivity index (χ2v) is 7.61. The number of halogens is 2. The van der Waals surface area contributed by atoms with E-state index >= 15 is 0 Å². The van der Waals surface area contributed by atoms with Gasteiger partial charge in [0.15, 0.2) is 5.43 Å². The third kappa shape index (κ3) is 3.11. The Balaban J connectivity index is 2.11. The molecule has 2 heterocycles. The molecule has 0 aliphatic carbocycles. The first-order valence-corrected chi connectivity index (χ1v) is 9.63. The molecule has 1 aliphatic rings. The molecule has 1 aromatic heterocycles. The van der Waals surface area contributed by atoms with Crippen molar-refractivity contribution in [1.82, 2.24) is 4.57 Å². The second kappa shape index (κ2) is 7.28. The number of aryl methyl sites for hydroxylation is 1. The van der Waals surface area contributed by atoms with Gasteiger partial charge in [0.1, 0.15) is 6.54 Å². The number of hydrogen-bond acceptors (Lipinski definition) is 4. The summed E-state index contributed by atoms with van der Waals surface area (Å²) in [6.07, 6.45) is 0. The van der Waals surface area contributed by atoms with Gasteiger partial charge in [-0.1, -0.05) is 23.2 Å².